The molecule has 0 aliphatic carbocycles. The smallest absolute Gasteiger partial charge is 0.325 e. The molecule has 6 nitrogen and oxygen atoms in total. The molecule has 0 spiro atoms. The van der Waals surface area contributed by atoms with Crippen molar-refractivity contribution in [2.75, 3.05) is 19.6 Å². The molecule has 0 radical (unpaired) electrons. The van der Waals surface area contributed by atoms with E-state index in [1.165, 1.54) is 0 Å². The largest absolute Gasteiger partial charge is 0.354 e. The molecule has 1 aliphatic rings. The average molecular weight is 368 g/mol. The fraction of sp³-hybridized carbons (Fsp3) is 0.400. The summed E-state index contributed by atoms with van der Waals surface area (Å²) in [6, 6.07) is 7.37. The average Bonchev–Trinajstić information content (AvgIpc) is 2.78. The number of hydrogen-bond donors (Lipinski definition) is 2. The van der Waals surface area contributed by atoms with Gasteiger partial charge in [0, 0.05) is 16.4 Å². The van der Waals surface area contributed by atoms with Gasteiger partial charge in [-0.3, -0.25) is 14.5 Å². The van der Waals surface area contributed by atoms with Crippen molar-refractivity contribution < 1.29 is 14.4 Å². The predicted octanol–water partition coefficient (Wildman–Crippen LogP) is 1.39. The lowest BCUT2D eigenvalue weighted by atomic mass is 9.84. The van der Waals surface area contributed by atoms with Crippen LogP contribution in [0, 0.1) is 0 Å². The third-order valence-electron chi connectivity index (χ3n) is 3.59. The highest BCUT2D eigenvalue weighted by Gasteiger charge is 2.30. The third-order valence-corrected chi connectivity index (χ3v) is 4.12. The summed E-state index contributed by atoms with van der Waals surface area (Å²) in [7, 11) is 0. The maximum Gasteiger partial charge on any atom is 0.325 e. The molecule has 1 saturated heterocycles. The standard InChI is InChI=1S/C15H18BrN3O3/c1-15(2,10-3-5-11(16)6-4-10)9-18-12(20)8-19-13(21)7-17-14(19)22/h3-6H,7-9H2,1-2H3,(H,17,22)(H,18,20). The van der Waals surface area contributed by atoms with E-state index in [4.69, 9.17) is 0 Å². The van der Waals surface area contributed by atoms with E-state index < -0.39 is 6.03 Å². The van der Waals surface area contributed by atoms with Gasteiger partial charge < -0.3 is 10.6 Å². The number of carbonyl (C=O) groups excluding carboxylic acids is 3. The molecule has 0 aromatic heterocycles. The van der Waals surface area contributed by atoms with Gasteiger partial charge in [0.15, 0.2) is 0 Å². The maximum absolute atomic E-state index is 11.9. The van der Waals surface area contributed by atoms with E-state index in [2.05, 4.69) is 26.6 Å². The Bertz CT molecular complexity index is 583. The first-order chi connectivity index (χ1) is 10.3. The highest BCUT2D eigenvalue weighted by molar-refractivity contribution is 9.10. The van der Waals surface area contributed by atoms with Crippen LogP contribution in [0.3, 0.4) is 0 Å². The second-order valence-corrected chi connectivity index (χ2v) is 6.72. The Labute approximate surface area is 137 Å². The van der Waals surface area contributed by atoms with Gasteiger partial charge in [-0.2, -0.15) is 0 Å². The Balaban J connectivity index is 1.91. The SMILES string of the molecule is CC(C)(CNC(=O)CN1C(=O)CNC1=O)c1ccc(Br)cc1. The number of rotatable bonds is 5. The molecule has 1 aromatic rings. The molecular weight excluding hydrogens is 350 g/mol. The van der Waals surface area contributed by atoms with E-state index in [9.17, 15) is 14.4 Å². The van der Waals surface area contributed by atoms with Gasteiger partial charge in [-0.05, 0) is 17.7 Å². The number of amides is 4. The minimum Gasteiger partial charge on any atom is -0.354 e. The second kappa shape index (κ2) is 6.48. The van der Waals surface area contributed by atoms with E-state index in [0.717, 1.165) is 14.9 Å². The number of imide groups is 1. The number of carbonyl (C=O) groups is 3. The Morgan fingerprint density at radius 1 is 1.32 bits per heavy atom. The molecule has 1 fully saturated rings. The van der Waals surface area contributed by atoms with E-state index in [-0.39, 0.29) is 30.3 Å². The first-order valence-corrected chi connectivity index (χ1v) is 7.70. The van der Waals surface area contributed by atoms with E-state index in [1.54, 1.807) is 0 Å². The van der Waals surface area contributed by atoms with Crippen molar-refractivity contribution in [2.24, 2.45) is 0 Å². The van der Waals surface area contributed by atoms with E-state index in [0.29, 0.717) is 6.54 Å². The van der Waals surface area contributed by atoms with Gasteiger partial charge in [-0.25, -0.2) is 4.79 Å². The van der Waals surface area contributed by atoms with Gasteiger partial charge in [0.2, 0.25) is 5.91 Å². The summed E-state index contributed by atoms with van der Waals surface area (Å²) in [5.74, 6) is -0.733. The molecule has 2 N–H and O–H groups in total. The molecule has 1 heterocycles. The maximum atomic E-state index is 11.9. The first-order valence-electron chi connectivity index (χ1n) is 6.90. The van der Waals surface area contributed by atoms with Crippen molar-refractivity contribution in [3.05, 3.63) is 34.3 Å². The summed E-state index contributed by atoms with van der Waals surface area (Å²) in [5, 5.41) is 5.16. The molecule has 0 bridgehead atoms. The van der Waals surface area contributed by atoms with Gasteiger partial charge >= 0.3 is 6.03 Å². The van der Waals surface area contributed by atoms with Crippen LogP contribution in [0.5, 0.6) is 0 Å². The van der Waals surface area contributed by atoms with Crippen molar-refractivity contribution >= 4 is 33.8 Å². The fourth-order valence-corrected chi connectivity index (χ4v) is 2.40. The number of nitrogens with zero attached hydrogens (tertiary/aromatic N) is 1. The van der Waals surface area contributed by atoms with Crippen molar-refractivity contribution in [1.29, 1.82) is 0 Å². The third kappa shape index (κ3) is 3.85. The zero-order valence-corrected chi connectivity index (χ0v) is 14.1. The van der Waals surface area contributed by atoms with Crippen molar-refractivity contribution in [3.63, 3.8) is 0 Å². The normalized spacial score (nSPS) is 15.0. The number of hydrogen-bond acceptors (Lipinski definition) is 3. The van der Waals surface area contributed by atoms with E-state index in [1.807, 2.05) is 38.1 Å². The Morgan fingerprint density at radius 2 is 1.95 bits per heavy atom. The zero-order valence-electron chi connectivity index (χ0n) is 12.5. The monoisotopic (exact) mass is 367 g/mol. The highest BCUT2D eigenvalue weighted by Crippen LogP contribution is 2.23. The number of halogens is 1. The molecule has 0 atom stereocenters. The second-order valence-electron chi connectivity index (χ2n) is 5.81. The summed E-state index contributed by atoms with van der Waals surface area (Å²) >= 11 is 3.39. The van der Waals surface area contributed by atoms with Gasteiger partial charge in [-0.15, -0.1) is 0 Å². The number of benzene rings is 1. The topological polar surface area (TPSA) is 78.5 Å². The van der Waals surface area contributed by atoms with Gasteiger partial charge in [0.25, 0.3) is 5.91 Å². The molecule has 118 valence electrons. The van der Waals surface area contributed by atoms with Crippen molar-refractivity contribution in [1.82, 2.24) is 15.5 Å². The first kappa shape index (κ1) is 16.5. The van der Waals surface area contributed by atoms with Gasteiger partial charge in [0.1, 0.15) is 6.54 Å². The van der Waals surface area contributed by atoms with Gasteiger partial charge in [-0.1, -0.05) is 41.9 Å². The molecule has 1 aromatic carbocycles. The van der Waals surface area contributed by atoms with E-state index >= 15 is 0 Å². The van der Waals surface area contributed by atoms with Crippen molar-refractivity contribution in [3.8, 4) is 0 Å². The van der Waals surface area contributed by atoms with Crippen LogP contribution < -0.4 is 10.6 Å². The van der Waals surface area contributed by atoms with Crippen LogP contribution >= 0.6 is 15.9 Å². The highest BCUT2D eigenvalue weighted by atomic mass is 79.9. The summed E-state index contributed by atoms with van der Waals surface area (Å²) in [6.45, 7) is 4.16. The predicted molar refractivity (Wildman–Crippen MR) is 85.3 cm³/mol. The lowest BCUT2D eigenvalue weighted by Gasteiger charge is -2.26. The molecular formula is C15H18BrN3O3. The quantitative estimate of drug-likeness (QED) is 0.772. The van der Waals surface area contributed by atoms with Crippen LogP contribution in [0.15, 0.2) is 28.7 Å². The molecule has 1 aliphatic heterocycles. The van der Waals surface area contributed by atoms with Crippen LogP contribution in [-0.4, -0.2) is 42.4 Å². The molecule has 0 saturated carbocycles. The molecule has 0 unspecified atom stereocenters. The summed E-state index contributed by atoms with van der Waals surface area (Å²) in [5.41, 5.74) is 0.833. The lowest BCUT2D eigenvalue weighted by Crippen LogP contribution is -2.44. The van der Waals surface area contributed by atoms with Crippen LogP contribution in [0.2, 0.25) is 0 Å². The van der Waals surface area contributed by atoms with Crippen LogP contribution in [0.1, 0.15) is 19.4 Å². The zero-order chi connectivity index (χ0) is 16.3. The minimum absolute atomic E-state index is 0.0451. The van der Waals surface area contributed by atoms with Crippen LogP contribution in [0.25, 0.3) is 0 Å². The number of nitrogens with one attached hydrogen (secondary N) is 2. The Kier molecular flexibility index (Phi) is 4.85. The van der Waals surface area contributed by atoms with Gasteiger partial charge in [0.05, 0.1) is 6.54 Å². The summed E-state index contributed by atoms with van der Waals surface area (Å²) < 4.78 is 0.995. The fourth-order valence-electron chi connectivity index (χ4n) is 2.14. The Hall–Kier alpha value is -1.89. The minimum atomic E-state index is -0.521. The lowest BCUT2D eigenvalue weighted by molar-refractivity contribution is -0.130. The Morgan fingerprint density at radius 3 is 2.50 bits per heavy atom. The molecule has 22 heavy (non-hydrogen) atoms. The van der Waals surface area contributed by atoms with Crippen LogP contribution in [-0.2, 0) is 15.0 Å². The van der Waals surface area contributed by atoms with Crippen LogP contribution in [0.4, 0.5) is 4.79 Å². The molecule has 7 heteroatoms. The van der Waals surface area contributed by atoms with Crippen molar-refractivity contribution in [2.45, 2.75) is 19.3 Å². The summed E-state index contributed by atoms with van der Waals surface area (Å²) in [4.78, 5) is 35.7. The molecule has 4 amide bonds. The number of urea groups is 1. The molecule has 2 rings (SSSR count). The summed E-state index contributed by atoms with van der Waals surface area (Å²) in [6.07, 6.45) is 0.